The van der Waals surface area contributed by atoms with Crippen molar-refractivity contribution in [2.45, 2.75) is 52.2 Å². The van der Waals surface area contributed by atoms with E-state index in [1.54, 1.807) is 10.6 Å². The summed E-state index contributed by atoms with van der Waals surface area (Å²) in [5.74, 6) is 0.00613. The minimum Gasteiger partial charge on any atom is -0.352 e. The first-order chi connectivity index (χ1) is 16.9. The van der Waals surface area contributed by atoms with Gasteiger partial charge in [0.15, 0.2) is 0 Å². The van der Waals surface area contributed by atoms with Crippen molar-refractivity contribution in [2.75, 3.05) is 0 Å². The van der Waals surface area contributed by atoms with Crippen LogP contribution in [0.2, 0.25) is 5.02 Å². The summed E-state index contributed by atoms with van der Waals surface area (Å²) >= 11 is 7.46. The van der Waals surface area contributed by atoms with Crippen molar-refractivity contribution < 1.29 is 4.79 Å². The number of carbonyl (C=O) groups is 1. The van der Waals surface area contributed by atoms with Gasteiger partial charge in [-0.3, -0.25) is 18.7 Å². The van der Waals surface area contributed by atoms with E-state index in [0.29, 0.717) is 54.1 Å². The number of halogens is 1. The number of fused-ring (bicyclic) bond motifs is 1. The molecule has 4 aromatic rings. The van der Waals surface area contributed by atoms with Crippen molar-refractivity contribution in [1.82, 2.24) is 14.5 Å². The maximum Gasteiger partial charge on any atom is 0.331 e. The van der Waals surface area contributed by atoms with Crippen molar-refractivity contribution >= 4 is 39.1 Å². The highest BCUT2D eigenvalue weighted by Crippen LogP contribution is 2.18. The fourth-order valence-electron chi connectivity index (χ4n) is 4.03. The molecule has 0 aliphatic rings. The lowest BCUT2D eigenvalue weighted by molar-refractivity contribution is -0.121. The van der Waals surface area contributed by atoms with Crippen LogP contribution < -0.4 is 16.6 Å². The van der Waals surface area contributed by atoms with E-state index in [-0.39, 0.29) is 17.2 Å². The number of aryl methyl sites for hydroxylation is 1. The van der Waals surface area contributed by atoms with Gasteiger partial charge in [-0.05, 0) is 54.5 Å². The third-order valence-corrected chi connectivity index (χ3v) is 7.09. The number of hydrogen-bond donors (Lipinski definition) is 1. The molecule has 0 bridgehead atoms. The summed E-state index contributed by atoms with van der Waals surface area (Å²) in [7, 11) is 0. The van der Waals surface area contributed by atoms with Crippen LogP contribution in [0, 0.1) is 6.92 Å². The quantitative estimate of drug-likeness (QED) is 0.302. The molecule has 35 heavy (non-hydrogen) atoms. The van der Waals surface area contributed by atoms with Crippen LogP contribution in [0.1, 0.15) is 42.4 Å². The van der Waals surface area contributed by atoms with Crippen molar-refractivity contribution in [3.8, 4) is 0 Å². The van der Waals surface area contributed by atoms with Crippen LogP contribution in [0.3, 0.4) is 0 Å². The summed E-state index contributed by atoms with van der Waals surface area (Å²) in [5.41, 5.74) is 3.23. The van der Waals surface area contributed by atoms with Gasteiger partial charge in [0, 0.05) is 24.5 Å². The molecule has 182 valence electrons. The standard InChI is InChI=1S/C27H28ClN3O3S/c1-19-9-11-20(12-10-19)17-29-24(32)8-3-2-4-14-30-26(33)25-23(13-15-35-25)31(27(30)34)18-21-6-5-7-22(28)16-21/h5-7,9-13,15-16H,2-4,8,14,17-18H2,1H3,(H,29,32). The molecule has 4 rings (SSSR count). The van der Waals surface area contributed by atoms with Gasteiger partial charge in [0.1, 0.15) is 4.70 Å². The fraction of sp³-hybridized carbons (Fsp3) is 0.296. The molecule has 0 radical (unpaired) electrons. The summed E-state index contributed by atoms with van der Waals surface area (Å²) in [6, 6.07) is 17.3. The van der Waals surface area contributed by atoms with Gasteiger partial charge in [0.2, 0.25) is 5.91 Å². The van der Waals surface area contributed by atoms with Crippen molar-refractivity contribution in [3.05, 3.63) is 103 Å². The molecule has 2 aromatic carbocycles. The Kier molecular flexibility index (Phi) is 8.21. The Morgan fingerprint density at radius 3 is 2.54 bits per heavy atom. The molecule has 1 amide bonds. The lowest BCUT2D eigenvalue weighted by atomic mass is 10.1. The number of rotatable bonds is 10. The van der Waals surface area contributed by atoms with Crippen molar-refractivity contribution in [2.24, 2.45) is 0 Å². The highest BCUT2D eigenvalue weighted by atomic mass is 35.5. The number of carbonyl (C=O) groups excluding carboxylic acids is 1. The predicted molar refractivity (Wildman–Crippen MR) is 142 cm³/mol. The zero-order valence-corrected chi connectivity index (χ0v) is 21.2. The highest BCUT2D eigenvalue weighted by molar-refractivity contribution is 7.17. The second-order valence-electron chi connectivity index (χ2n) is 8.66. The van der Waals surface area contributed by atoms with Gasteiger partial charge in [-0.25, -0.2) is 4.79 Å². The minimum absolute atomic E-state index is 0.00613. The Labute approximate surface area is 212 Å². The predicted octanol–water partition coefficient (Wildman–Crippen LogP) is 5.11. The van der Waals surface area contributed by atoms with E-state index in [2.05, 4.69) is 5.32 Å². The molecule has 0 fully saturated rings. The third kappa shape index (κ3) is 6.29. The van der Waals surface area contributed by atoms with Crippen LogP contribution in [0.5, 0.6) is 0 Å². The van der Waals surface area contributed by atoms with Crippen LogP contribution in [0.25, 0.3) is 10.2 Å². The molecule has 0 aliphatic heterocycles. The summed E-state index contributed by atoms with van der Waals surface area (Å²) in [6.07, 6.45) is 2.52. The van der Waals surface area contributed by atoms with Gasteiger partial charge in [0.25, 0.3) is 5.56 Å². The van der Waals surface area contributed by atoms with E-state index >= 15 is 0 Å². The average molecular weight is 510 g/mol. The van der Waals surface area contributed by atoms with E-state index < -0.39 is 0 Å². The van der Waals surface area contributed by atoms with Gasteiger partial charge < -0.3 is 5.32 Å². The van der Waals surface area contributed by atoms with Crippen molar-refractivity contribution in [3.63, 3.8) is 0 Å². The fourth-order valence-corrected chi connectivity index (χ4v) is 5.08. The molecule has 0 atom stereocenters. The van der Waals surface area contributed by atoms with E-state index in [1.165, 1.54) is 21.5 Å². The van der Waals surface area contributed by atoms with Crippen molar-refractivity contribution in [1.29, 1.82) is 0 Å². The average Bonchev–Trinajstić information content (AvgIpc) is 3.33. The van der Waals surface area contributed by atoms with Gasteiger partial charge in [-0.1, -0.05) is 60.0 Å². The summed E-state index contributed by atoms with van der Waals surface area (Å²) < 4.78 is 3.53. The molecule has 0 unspecified atom stereocenters. The Balaban J connectivity index is 1.35. The minimum atomic E-state index is -0.322. The molecule has 0 saturated carbocycles. The molecular formula is C27H28ClN3O3S. The maximum absolute atomic E-state index is 13.2. The van der Waals surface area contributed by atoms with Crippen LogP contribution in [-0.2, 0) is 24.4 Å². The number of hydrogen-bond acceptors (Lipinski definition) is 4. The second-order valence-corrected chi connectivity index (χ2v) is 10.0. The molecule has 0 aliphatic carbocycles. The number of unbranched alkanes of at least 4 members (excludes halogenated alkanes) is 2. The summed E-state index contributed by atoms with van der Waals surface area (Å²) in [6.45, 7) is 3.21. The molecule has 0 saturated heterocycles. The molecule has 2 heterocycles. The lowest BCUT2D eigenvalue weighted by Gasteiger charge is -2.12. The van der Waals surface area contributed by atoms with Gasteiger partial charge in [-0.2, -0.15) is 0 Å². The normalized spacial score (nSPS) is 11.1. The van der Waals surface area contributed by atoms with E-state index in [9.17, 15) is 14.4 Å². The first-order valence-corrected chi connectivity index (χ1v) is 13.0. The molecule has 1 N–H and O–H groups in total. The van der Waals surface area contributed by atoms with Crippen LogP contribution in [0.4, 0.5) is 0 Å². The zero-order valence-electron chi connectivity index (χ0n) is 19.6. The van der Waals surface area contributed by atoms with E-state index in [0.717, 1.165) is 17.5 Å². The Bertz CT molecular complexity index is 1440. The van der Waals surface area contributed by atoms with Gasteiger partial charge in [0.05, 0.1) is 12.1 Å². The number of amides is 1. The van der Waals surface area contributed by atoms with E-state index in [4.69, 9.17) is 11.6 Å². The largest absolute Gasteiger partial charge is 0.352 e. The SMILES string of the molecule is Cc1ccc(CNC(=O)CCCCCn2c(=O)c3sccc3n(Cc3cccc(Cl)c3)c2=O)cc1. The molecule has 0 spiro atoms. The van der Waals surface area contributed by atoms with Gasteiger partial charge in [-0.15, -0.1) is 11.3 Å². The third-order valence-electron chi connectivity index (χ3n) is 5.96. The number of nitrogens with one attached hydrogen (secondary N) is 1. The van der Waals surface area contributed by atoms with Crippen LogP contribution in [-0.4, -0.2) is 15.0 Å². The summed E-state index contributed by atoms with van der Waals surface area (Å²) in [5, 5.41) is 5.38. The zero-order chi connectivity index (χ0) is 24.8. The number of benzene rings is 2. The lowest BCUT2D eigenvalue weighted by Crippen LogP contribution is -2.39. The Hall–Kier alpha value is -3.16. The summed E-state index contributed by atoms with van der Waals surface area (Å²) in [4.78, 5) is 38.4. The Morgan fingerprint density at radius 2 is 1.77 bits per heavy atom. The number of aromatic nitrogens is 2. The Morgan fingerprint density at radius 1 is 0.971 bits per heavy atom. The molecule has 8 heteroatoms. The first-order valence-electron chi connectivity index (χ1n) is 11.7. The van der Waals surface area contributed by atoms with Crippen LogP contribution >= 0.6 is 22.9 Å². The number of nitrogens with zero attached hydrogens (tertiary/aromatic N) is 2. The topological polar surface area (TPSA) is 73.1 Å². The highest BCUT2D eigenvalue weighted by Gasteiger charge is 2.14. The number of thiophene rings is 1. The molecular weight excluding hydrogens is 482 g/mol. The van der Waals surface area contributed by atoms with Gasteiger partial charge >= 0.3 is 5.69 Å². The second kappa shape index (κ2) is 11.5. The smallest absolute Gasteiger partial charge is 0.331 e. The maximum atomic E-state index is 13.2. The van der Waals surface area contributed by atoms with E-state index in [1.807, 2.05) is 60.8 Å². The molecule has 2 aromatic heterocycles. The molecule has 6 nitrogen and oxygen atoms in total. The van der Waals surface area contributed by atoms with Crippen LogP contribution in [0.15, 0.2) is 69.6 Å². The monoisotopic (exact) mass is 509 g/mol. The first kappa shape index (κ1) is 24.9.